The molecule has 1 amide bonds. The molecule has 3 rings (SSSR count). The van der Waals surface area contributed by atoms with E-state index >= 15 is 0 Å². The van der Waals surface area contributed by atoms with Gasteiger partial charge in [0, 0.05) is 4.88 Å². The molecule has 0 fully saturated rings. The number of nitriles is 1. The molecule has 23 heavy (non-hydrogen) atoms. The summed E-state index contributed by atoms with van der Waals surface area (Å²) in [5.41, 5.74) is 1.63. The SMILES string of the molecule is N#Cc1ccsc1NC(=O)COC(=O)c1cc2c(s1)CCCC2. The summed E-state index contributed by atoms with van der Waals surface area (Å²) >= 11 is 2.72. The van der Waals surface area contributed by atoms with Crippen molar-refractivity contribution in [2.75, 3.05) is 11.9 Å². The fourth-order valence-corrected chi connectivity index (χ4v) is 4.35. The minimum Gasteiger partial charge on any atom is -0.451 e. The van der Waals surface area contributed by atoms with Crippen LogP contribution in [0.5, 0.6) is 0 Å². The molecular weight excluding hydrogens is 332 g/mol. The quantitative estimate of drug-likeness (QED) is 0.861. The molecule has 2 heterocycles. The number of hydrogen-bond donors (Lipinski definition) is 1. The third-order valence-corrected chi connectivity index (χ3v) is 5.62. The van der Waals surface area contributed by atoms with Crippen LogP contribution < -0.4 is 5.32 Å². The predicted molar refractivity (Wildman–Crippen MR) is 88.9 cm³/mol. The lowest BCUT2D eigenvalue weighted by molar-refractivity contribution is -0.119. The lowest BCUT2D eigenvalue weighted by Gasteiger charge is -2.08. The summed E-state index contributed by atoms with van der Waals surface area (Å²) in [6.45, 7) is -0.357. The van der Waals surface area contributed by atoms with Crippen LogP contribution in [0.4, 0.5) is 5.00 Å². The Labute approximate surface area is 141 Å². The number of rotatable bonds is 4. The van der Waals surface area contributed by atoms with Gasteiger partial charge in [0.05, 0.1) is 5.56 Å². The summed E-state index contributed by atoms with van der Waals surface area (Å²) in [5, 5.41) is 13.7. The second-order valence-electron chi connectivity index (χ2n) is 5.17. The number of nitrogens with one attached hydrogen (secondary N) is 1. The summed E-state index contributed by atoms with van der Waals surface area (Å²) in [5.74, 6) is -0.912. The number of hydrogen-bond acceptors (Lipinski definition) is 6. The molecule has 5 nitrogen and oxygen atoms in total. The largest absolute Gasteiger partial charge is 0.451 e. The smallest absolute Gasteiger partial charge is 0.348 e. The van der Waals surface area contributed by atoms with Gasteiger partial charge in [-0.15, -0.1) is 22.7 Å². The molecular formula is C16H14N2O3S2. The Morgan fingerprint density at radius 1 is 1.35 bits per heavy atom. The third kappa shape index (κ3) is 3.60. The Morgan fingerprint density at radius 3 is 2.96 bits per heavy atom. The normalized spacial score (nSPS) is 13.0. The van der Waals surface area contributed by atoms with Gasteiger partial charge in [0.1, 0.15) is 15.9 Å². The molecule has 0 saturated carbocycles. The van der Waals surface area contributed by atoms with Gasteiger partial charge in [0.25, 0.3) is 5.91 Å². The molecule has 0 radical (unpaired) electrons. The van der Waals surface area contributed by atoms with Crippen LogP contribution >= 0.6 is 22.7 Å². The van der Waals surface area contributed by atoms with Gasteiger partial charge < -0.3 is 10.1 Å². The standard InChI is InChI=1S/C16H14N2O3S2/c17-8-11-5-6-22-15(11)18-14(19)9-21-16(20)13-7-10-3-1-2-4-12(10)23-13/h5-7H,1-4,9H2,(H,18,19). The van der Waals surface area contributed by atoms with Crippen molar-refractivity contribution in [1.29, 1.82) is 5.26 Å². The summed E-state index contributed by atoms with van der Waals surface area (Å²) < 4.78 is 5.07. The minimum atomic E-state index is -0.466. The van der Waals surface area contributed by atoms with E-state index in [1.165, 1.54) is 33.1 Å². The zero-order valence-corrected chi connectivity index (χ0v) is 13.9. The van der Waals surface area contributed by atoms with E-state index in [4.69, 9.17) is 10.00 Å². The van der Waals surface area contributed by atoms with Gasteiger partial charge in [0.15, 0.2) is 6.61 Å². The summed E-state index contributed by atoms with van der Waals surface area (Å²) in [4.78, 5) is 25.7. The highest BCUT2D eigenvalue weighted by molar-refractivity contribution is 7.14. The van der Waals surface area contributed by atoms with Crippen LogP contribution in [-0.2, 0) is 22.4 Å². The molecule has 1 aliphatic rings. The molecule has 0 saturated heterocycles. The second-order valence-corrected chi connectivity index (χ2v) is 7.22. The van der Waals surface area contributed by atoms with Crippen molar-refractivity contribution in [3.63, 3.8) is 0 Å². The van der Waals surface area contributed by atoms with E-state index in [0.717, 1.165) is 25.7 Å². The molecule has 118 valence electrons. The highest BCUT2D eigenvalue weighted by atomic mass is 32.1. The number of ether oxygens (including phenoxy) is 1. The van der Waals surface area contributed by atoms with E-state index in [1.54, 1.807) is 11.4 Å². The lowest BCUT2D eigenvalue weighted by Crippen LogP contribution is -2.20. The number of nitrogens with zero attached hydrogens (tertiary/aromatic N) is 1. The van der Waals surface area contributed by atoms with Crippen molar-refractivity contribution in [2.45, 2.75) is 25.7 Å². The van der Waals surface area contributed by atoms with Crippen LogP contribution in [0.2, 0.25) is 0 Å². The molecule has 0 unspecified atom stereocenters. The first kappa shape index (κ1) is 15.7. The van der Waals surface area contributed by atoms with Crippen LogP contribution in [0.3, 0.4) is 0 Å². The molecule has 0 bridgehead atoms. The first-order valence-electron chi connectivity index (χ1n) is 7.23. The zero-order valence-electron chi connectivity index (χ0n) is 12.3. The van der Waals surface area contributed by atoms with Crippen LogP contribution in [0.25, 0.3) is 0 Å². The monoisotopic (exact) mass is 346 g/mol. The zero-order chi connectivity index (χ0) is 16.2. The van der Waals surface area contributed by atoms with Crippen molar-refractivity contribution in [3.8, 4) is 6.07 Å². The summed E-state index contributed by atoms with van der Waals surface area (Å²) in [7, 11) is 0. The van der Waals surface area contributed by atoms with E-state index in [2.05, 4.69) is 5.32 Å². The van der Waals surface area contributed by atoms with Gasteiger partial charge in [-0.3, -0.25) is 4.79 Å². The van der Waals surface area contributed by atoms with Gasteiger partial charge in [-0.05, 0) is 48.8 Å². The Hall–Kier alpha value is -2.17. The Bertz CT molecular complexity index is 762. The first-order chi connectivity index (χ1) is 11.2. The predicted octanol–water partition coefficient (Wildman–Crippen LogP) is 3.36. The van der Waals surface area contributed by atoms with Crippen molar-refractivity contribution >= 4 is 39.6 Å². The van der Waals surface area contributed by atoms with Crippen molar-refractivity contribution in [2.24, 2.45) is 0 Å². The minimum absolute atomic E-state index is 0.357. The average Bonchev–Trinajstić information content (AvgIpc) is 3.18. The molecule has 7 heteroatoms. The van der Waals surface area contributed by atoms with E-state index in [1.807, 2.05) is 12.1 Å². The summed E-state index contributed by atoms with van der Waals surface area (Å²) in [6.07, 6.45) is 4.34. The number of amides is 1. The maximum absolute atomic E-state index is 12.1. The van der Waals surface area contributed by atoms with E-state index in [-0.39, 0.29) is 6.61 Å². The van der Waals surface area contributed by atoms with E-state index < -0.39 is 11.9 Å². The number of esters is 1. The van der Waals surface area contributed by atoms with E-state index in [9.17, 15) is 9.59 Å². The molecule has 0 spiro atoms. The number of carbonyl (C=O) groups is 2. The van der Waals surface area contributed by atoms with Crippen LogP contribution in [0, 0.1) is 11.3 Å². The number of thiophene rings is 2. The molecule has 0 aromatic carbocycles. The molecule has 1 aliphatic carbocycles. The maximum atomic E-state index is 12.1. The van der Waals surface area contributed by atoms with Gasteiger partial charge >= 0.3 is 5.97 Å². The number of fused-ring (bicyclic) bond motifs is 1. The highest BCUT2D eigenvalue weighted by Gasteiger charge is 2.19. The molecule has 2 aromatic heterocycles. The Morgan fingerprint density at radius 2 is 2.17 bits per heavy atom. The fraction of sp³-hybridized carbons (Fsp3) is 0.312. The van der Waals surface area contributed by atoms with Gasteiger partial charge in [-0.1, -0.05) is 0 Å². The number of aryl methyl sites for hydroxylation is 2. The first-order valence-corrected chi connectivity index (χ1v) is 8.93. The average molecular weight is 346 g/mol. The molecule has 0 aliphatic heterocycles. The third-order valence-electron chi connectivity index (χ3n) is 3.57. The fourth-order valence-electron chi connectivity index (χ4n) is 2.45. The second kappa shape index (κ2) is 6.94. The van der Waals surface area contributed by atoms with Crippen LogP contribution in [0.15, 0.2) is 17.5 Å². The molecule has 2 aromatic rings. The van der Waals surface area contributed by atoms with Crippen molar-refractivity contribution in [1.82, 2.24) is 0 Å². The summed E-state index contributed by atoms with van der Waals surface area (Å²) in [6, 6.07) is 5.50. The maximum Gasteiger partial charge on any atom is 0.348 e. The topological polar surface area (TPSA) is 79.2 Å². The number of anilines is 1. The molecule has 0 atom stereocenters. The highest BCUT2D eigenvalue weighted by Crippen LogP contribution is 2.30. The van der Waals surface area contributed by atoms with Gasteiger partial charge in [-0.25, -0.2) is 4.79 Å². The Balaban J connectivity index is 1.55. The van der Waals surface area contributed by atoms with Crippen LogP contribution in [0.1, 0.15) is 38.5 Å². The van der Waals surface area contributed by atoms with Gasteiger partial charge in [0.2, 0.25) is 0 Å². The van der Waals surface area contributed by atoms with Gasteiger partial charge in [-0.2, -0.15) is 5.26 Å². The Kier molecular flexibility index (Phi) is 4.74. The van der Waals surface area contributed by atoms with Crippen molar-refractivity contribution < 1.29 is 14.3 Å². The number of carbonyl (C=O) groups excluding carboxylic acids is 2. The van der Waals surface area contributed by atoms with E-state index in [0.29, 0.717) is 15.4 Å². The van der Waals surface area contributed by atoms with Crippen molar-refractivity contribution in [3.05, 3.63) is 38.4 Å². The molecule has 1 N–H and O–H groups in total. The van der Waals surface area contributed by atoms with Crippen LogP contribution in [-0.4, -0.2) is 18.5 Å². The lowest BCUT2D eigenvalue weighted by atomic mass is 9.99.